The molecule has 1 heterocycles. The van der Waals surface area contributed by atoms with E-state index in [0.29, 0.717) is 4.90 Å². The van der Waals surface area contributed by atoms with Crippen LogP contribution < -0.4 is 10.5 Å². The molecule has 0 aliphatic heterocycles. The summed E-state index contributed by atoms with van der Waals surface area (Å²) in [5.74, 6) is 0.289. The Morgan fingerprint density at radius 1 is 1.32 bits per heavy atom. The molecule has 3 N–H and O–H groups in total. The Morgan fingerprint density at radius 2 is 1.95 bits per heavy atom. The van der Waals surface area contributed by atoms with Crippen LogP contribution in [0.5, 0.6) is 0 Å². The second kappa shape index (κ2) is 4.79. The van der Waals surface area contributed by atoms with Crippen molar-refractivity contribution in [2.45, 2.75) is 67.8 Å². The molecule has 1 spiro atoms. The molecule has 1 aromatic rings. The van der Waals surface area contributed by atoms with E-state index in [9.17, 15) is 8.42 Å². The van der Waals surface area contributed by atoms with Crippen molar-refractivity contribution < 1.29 is 8.42 Å². The average molecular weight is 324 g/mol. The predicted molar refractivity (Wildman–Crippen MR) is 82.8 cm³/mol. The molecule has 6 nitrogen and oxygen atoms in total. The zero-order valence-electron chi connectivity index (χ0n) is 13.0. The van der Waals surface area contributed by atoms with Crippen LogP contribution in [0.2, 0.25) is 0 Å². The number of hydrogen-bond donors (Lipinski definition) is 2. The third kappa shape index (κ3) is 2.30. The summed E-state index contributed by atoms with van der Waals surface area (Å²) in [5.41, 5.74) is 6.92. The van der Waals surface area contributed by atoms with Gasteiger partial charge in [-0.2, -0.15) is 5.10 Å². The largest absolute Gasteiger partial charge is 0.327 e. The Labute approximate surface area is 131 Å². The molecule has 0 amide bonds. The summed E-state index contributed by atoms with van der Waals surface area (Å²) in [7, 11) is -1.69. The van der Waals surface area contributed by atoms with Crippen molar-refractivity contribution in [2.24, 2.45) is 18.2 Å². The fourth-order valence-corrected chi connectivity index (χ4v) is 5.82. The van der Waals surface area contributed by atoms with Crippen LogP contribution in [0.25, 0.3) is 0 Å². The van der Waals surface area contributed by atoms with Crippen molar-refractivity contribution in [2.75, 3.05) is 0 Å². The van der Waals surface area contributed by atoms with Gasteiger partial charge in [-0.15, -0.1) is 0 Å². The molecule has 0 radical (unpaired) electrons. The molecule has 1 atom stereocenters. The number of nitrogens with zero attached hydrogens (tertiary/aromatic N) is 2. The fourth-order valence-electron chi connectivity index (χ4n) is 4.31. The lowest BCUT2D eigenvalue weighted by molar-refractivity contribution is 0.215. The first kappa shape index (κ1) is 14.7. The SMILES string of the molecule is Cn1cc(S(=O)(=O)NC2CC3(C2)CC3N)c(C2CCCC2)n1. The highest BCUT2D eigenvalue weighted by molar-refractivity contribution is 7.89. The number of aryl methyl sites for hydroxylation is 1. The lowest BCUT2D eigenvalue weighted by Crippen LogP contribution is -2.47. The van der Waals surface area contributed by atoms with Gasteiger partial charge >= 0.3 is 0 Å². The van der Waals surface area contributed by atoms with E-state index in [2.05, 4.69) is 9.82 Å². The molecule has 7 heteroatoms. The van der Waals surface area contributed by atoms with Crippen LogP contribution in [-0.4, -0.2) is 30.3 Å². The van der Waals surface area contributed by atoms with E-state index in [4.69, 9.17) is 5.73 Å². The van der Waals surface area contributed by atoms with Gasteiger partial charge in [-0.1, -0.05) is 12.8 Å². The maximum atomic E-state index is 12.7. The summed E-state index contributed by atoms with van der Waals surface area (Å²) < 4.78 is 30.0. The second-order valence-electron chi connectivity index (χ2n) is 7.43. The van der Waals surface area contributed by atoms with Gasteiger partial charge in [-0.05, 0) is 37.5 Å². The summed E-state index contributed by atoms with van der Waals surface area (Å²) in [6.07, 6.45) is 8.87. The number of aromatic nitrogens is 2. The minimum atomic E-state index is -3.48. The van der Waals surface area contributed by atoms with Gasteiger partial charge in [0, 0.05) is 31.2 Å². The molecule has 0 bridgehead atoms. The Balaban J connectivity index is 1.53. The van der Waals surface area contributed by atoms with Crippen molar-refractivity contribution in [3.8, 4) is 0 Å². The third-order valence-electron chi connectivity index (χ3n) is 5.73. The van der Waals surface area contributed by atoms with Gasteiger partial charge in [0.05, 0.1) is 5.69 Å². The third-order valence-corrected chi connectivity index (χ3v) is 7.27. The molecule has 3 aliphatic carbocycles. The van der Waals surface area contributed by atoms with Gasteiger partial charge in [0.1, 0.15) is 4.90 Å². The topological polar surface area (TPSA) is 90.0 Å². The van der Waals surface area contributed by atoms with E-state index in [0.717, 1.165) is 50.6 Å². The molecular weight excluding hydrogens is 300 g/mol. The van der Waals surface area contributed by atoms with Gasteiger partial charge in [0.15, 0.2) is 0 Å². The summed E-state index contributed by atoms with van der Waals surface area (Å²) in [5, 5.41) is 4.44. The second-order valence-corrected chi connectivity index (χ2v) is 9.12. The standard InChI is InChI=1S/C15H24N4O2S/c1-19-9-12(14(17-19)10-4-2-3-5-10)22(20,21)18-11-6-15(7-11)8-13(15)16/h9-11,13,18H,2-8,16H2,1H3. The van der Waals surface area contributed by atoms with Crippen LogP contribution >= 0.6 is 0 Å². The van der Waals surface area contributed by atoms with Gasteiger partial charge in [-0.25, -0.2) is 13.1 Å². The van der Waals surface area contributed by atoms with Crippen molar-refractivity contribution >= 4 is 10.0 Å². The van der Waals surface area contributed by atoms with Crippen LogP contribution in [-0.2, 0) is 17.1 Å². The Bertz CT molecular complexity index is 684. The molecule has 0 saturated heterocycles. The summed E-state index contributed by atoms with van der Waals surface area (Å²) in [4.78, 5) is 0.378. The zero-order chi connectivity index (χ0) is 15.5. The maximum absolute atomic E-state index is 12.7. The minimum Gasteiger partial charge on any atom is -0.327 e. The molecule has 3 saturated carbocycles. The number of sulfonamides is 1. The summed E-state index contributed by atoms with van der Waals surface area (Å²) >= 11 is 0. The molecule has 1 unspecified atom stereocenters. The zero-order valence-corrected chi connectivity index (χ0v) is 13.8. The van der Waals surface area contributed by atoms with Crippen molar-refractivity contribution in [1.82, 2.24) is 14.5 Å². The molecular formula is C15H24N4O2S. The quantitative estimate of drug-likeness (QED) is 0.872. The molecule has 122 valence electrons. The van der Waals surface area contributed by atoms with E-state index in [1.165, 1.54) is 0 Å². The molecule has 1 aromatic heterocycles. The van der Waals surface area contributed by atoms with Crippen molar-refractivity contribution in [3.05, 3.63) is 11.9 Å². The molecule has 4 rings (SSSR count). The lowest BCUT2D eigenvalue weighted by atomic mass is 9.77. The van der Waals surface area contributed by atoms with Crippen LogP contribution in [0.4, 0.5) is 0 Å². The first-order valence-electron chi connectivity index (χ1n) is 8.21. The van der Waals surface area contributed by atoms with E-state index >= 15 is 0 Å². The number of nitrogens with two attached hydrogens (primary N) is 1. The van der Waals surface area contributed by atoms with Gasteiger partial charge in [-0.3, -0.25) is 4.68 Å². The summed E-state index contributed by atoms with van der Waals surface area (Å²) in [6, 6.07) is 0.316. The maximum Gasteiger partial charge on any atom is 0.244 e. The predicted octanol–water partition coefficient (Wildman–Crippen LogP) is 1.24. The lowest BCUT2D eigenvalue weighted by Gasteiger charge is -2.36. The van der Waals surface area contributed by atoms with E-state index < -0.39 is 10.0 Å². The molecule has 22 heavy (non-hydrogen) atoms. The van der Waals surface area contributed by atoms with E-state index in [-0.39, 0.29) is 23.4 Å². The number of hydrogen-bond acceptors (Lipinski definition) is 4. The van der Waals surface area contributed by atoms with Crippen LogP contribution in [0.1, 0.15) is 56.6 Å². The highest BCUT2D eigenvalue weighted by atomic mass is 32.2. The van der Waals surface area contributed by atoms with Crippen LogP contribution in [0.3, 0.4) is 0 Å². The van der Waals surface area contributed by atoms with E-state index in [1.807, 2.05) is 0 Å². The first-order chi connectivity index (χ1) is 10.4. The summed E-state index contributed by atoms with van der Waals surface area (Å²) in [6.45, 7) is 0. The Morgan fingerprint density at radius 3 is 2.55 bits per heavy atom. The Kier molecular flexibility index (Phi) is 3.19. The Hall–Kier alpha value is -0.920. The van der Waals surface area contributed by atoms with Crippen LogP contribution in [0, 0.1) is 5.41 Å². The smallest absolute Gasteiger partial charge is 0.244 e. The normalized spacial score (nSPS) is 35.0. The van der Waals surface area contributed by atoms with Gasteiger partial charge in [0.2, 0.25) is 10.0 Å². The molecule has 3 aliphatic rings. The van der Waals surface area contributed by atoms with Gasteiger partial charge < -0.3 is 5.73 Å². The minimum absolute atomic E-state index is 0.0372. The van der Waals surface area contributed by atoms with E-state index in [1.54, 1.807) is 17.9 Å². The monoisotopic (exact) mass is 324 g/mol. The van der Waals surface area contributed by atoms with Crippen LogP contribution in [0.15, 0.2) is 11.1 Å². The first-order valence-corrected chi connectivity index (χ1v) is 9.69. The van der Waals surface area contributed by atoms with Gasteiger partial charge in [0.25, 0.3) is 0 Å². The fraction of sp³-hybridized carbons (Fsp3) is 0.800. The highest BCUT2D eigenvalue weighted by Gasteiger charge is 2.60. The molecule has 3 fully saturated rings. The average Bonchev–Trinajstić information content (AvgIpc) is 2.85. The number of nitrogens with one attached hydrogen (secondary N) is 1. The van der Waals surface area contributed by atoms with Crippen molar-refractivity contribution in [1.29, 1.82) is 0 Å². The number of rotatable bonds is 4. The van der Waals surface area contributed by atoms with Crippen molar-refractivity contribution in [3.63, 3.8) is 0 Å². The molecule has 0 aromatic carbocycles. The highest BCUT2D eigenvalue weighted by Crippen LogP contribution is 2.59.